The van der Waals surface area contributed by atoms with Gasteiger partial charge >= 0.3 is 0 Å². The maximum atomic E-state index is 12.9. The molecule has 3 heterocycles. The van der Waals surface area contributed by atoms with Crippen LogP contribution in [0.15, 0.2) is 48.0 Å². The Hall–Kier alpha value is -3.26. The molecule has 2 amide bonds. The van der Waals surface area contributed by atoms with Crippen molar-refractivity contribution in [2.45, 2.75) is 26.2 Å². The van der Waals surface area contributed by atoms with Crippen LogP contribution in [0.5, 0.6) is 0 Å². The summed E-state index contributed by atoms with van der Waals surface area (Å²) in [5.41, 5.74) is 2.98. The molecule has 0 saturated carbocycles. The van der Waals surface area contributed by atoms with Crippen LogP contribution < -0.4 is 15.5 Å². The van der Waals surface area contributed by atoms with Gasteiger partial charge < -0.3 is 10.2 Å². The number of benzene rings is 1. The number of hydrogen-bond donors (Lipinski definition) is 2. The van der Waals surface area contributed by atoms with E-state index in [1.54, 1.807) is 12.3 Å². The lowest BCUT2D eigenvalue weighted by Crippen LogP contribution is -2.32. The number of amides is 2. The largest absolute Gasteiger partial charge is 0.356 e. The van der Waals surface area contributed by atoms with Gasteiger partial charge in [0.1, 0.15) is 5.82 Å². The highest BCUT2D eigenvalue weighted by molar-refractivity contribution is 7.14. The number of aromatic nitrogens is 2. The minimum absolute atomic E-state index is 0.110. The Bertz CT molecular complexity index is 1040. The normalized spacial score (nSPS) is 13.7. The first-order valence-electron chi connectivity index (χ1n) is 9.95. The fourth-order valence-corrected chi connectivity index (χ4v) is 4.20. The van der Waals surface area contributed by atoms with Crippen LogP contribution in [-0.4, -0.2) is 34.9 Å². The number of pyridine rings is 1. The van der Waals surface area contributed by atoms with Crippen LogP contribution in [0.4, 0.5) is 16.6 Å². The molecule has 0 atom stereocenters. The molecule has 2 N–H and O–H groups in total. The Labute approximate surface area is 179 Å². The summed E-state index contributed by atoms with van der Waals surface area (Å²) in [5, 5.41) is 8.09. The summed E-state index contributed by atoms with van der Waals surface area (Å²) < 4.78 is 0. The lowest BCUT2D eigenvalue weighted by atomic mass is 10.1. The first-order valence-corrected chi connectivity index (χ1v) is 10.8. The Morgan fingerprint density at radius 2 is 1.80 bits per heavy atom. The second-order valence-electron chi connectivity index (χ2n) is 7.17. The Balaban J connectivity index is 1.48. The van der Waals surface area contributed by atoms with E-state index >= 15 is 0 Å². The second-order valence-corrected chi connectivity index (χ2v) is 8.03. The molecule has 0 bridgehead atoms. The minimum Gasteiger partial charge on any atom is -0.356 e. The van der Waals surface area contributed by atoms with Gasteiger partial charge in [-0.1, -0.05) is 12.1 Å². The van der Waals surface area contributed by atoms with Gasteiger partial charge in [0.15, 0.2) is 5.13 Å². The molecule has 1 aliphatic rings. The molecule has 7 nitrogen and oxygen atoms in total. The van der Waals surface area contributed by atoms with Gasteiger partial charge in [0, 0.05) is 42.8 Å². The Kier molecular flexibility index (Phi) is 6.04. The highest BCUT2D eigenvalue weighted by Gasteiger charge is 2.20. The van der Waals surface area contributed by atoms with Crippen LogP contribution in [0.3, 0.4) is 0 Å². The van der Waals surface area contributed by atoms with Gasteiger partial charge in [0.25, 0.3) is 5.91 Å². The molecule has 3 aromatic rings. The molecule has 1 fully saturated rings. The molecule has 8 heteroatoms. The summed E-state index contributed by atoms with van der Waals surface area (Å²) in [5.74, 6) is 0.423. The van der Waals surface area contributed by atoms with E-state index in [2.05, 4.69) is 25.5 Å². The number of piperidine rings is 1. The van der Waals surface area contributed by atoms with Crippen molar-refractivity contribution in [3.8, 4) is 11.3 Å². The molecule has 4 rings (SSSR count). The second kappa shape index (κ2) is 9.04. The number of carbonyl (C=O) groups excluding carboxylic acids is 2. The maximum absolute atomic E-state index is 12.9. The molecule has 1 aliphatic heterocycles. The van der Waals surface area contributed by atoms with Gasteiger partial charge in [0.2, 0.25) is 5.91 Å². The number of hydrogen-bond acceptors (Lipinski definition) is 6. The molecule has 0 radical (unpaired) electrons. The van der Waals surface area contributed by atoms with Gasteiger partial charge in [-0.2, -0.15) is 0 Å². The standard InChI is InChI=1S/C22H23N5O2S/c1-15(28)24-17-9-7-16(8-10-17)19-14-30-22(25-19)26-21(29)18-6-5-11-23-20(18)27-12-3-2-4-13-27/h5-11,14H,2-4,12-13H2,1H3,(H,24,28)(H,25,26,29). The minimum atomic E-state index is -0.203. The van der Waals surface area contributed by atoms with E-state index in [9.17, 15) is 9.59 Å². The number of carbonyl (C=O) groups is 2. The molecule has 2 aromatic heterocycles. The highest BCUT2D eigenvalue weighted by Crippen LogP contribution is 2.27. The van der Waals surface area contributed by atoms with Crippen LogP contribution in [0.25, 0.3) is 11.3 Å². The van der Waals surface area contributed by atoms with Crippen molar-refractivity contribution < 1.29 is 9.59 Å². The molecule has 0 spiro atoms. The van der Waals surface area contributed by atoms with E-state index in [0.717, 1.165) is 48.7 Å². The van der Waals surface area contributed by atoms with Crippen LogP contribution >= 0.6 is 11.3 Å². The summed E-state index contributed by atoms with van der Waals surface area (Å²) in [6.07, 6.45) is 5.19. The van der Waals surface area contributed by atoms with E-state index in [-0.39, 0.29) is 11.8 Å². The average molecular weight is 422 g/mol. The van der Waals surface area contributed by atoms with Gasteiger partial charge in [-0.15, -0.1) is 11.3 Å². The highest BCUT2D eigenvalue weighted by atomic mass is 32.1. The molecule has 154 valence electrons. The van der Waals surface area contributed by atoms with Crippen LogP contribution in [0.2, 0.25) is 0 Å². The fourth-order valence-electron chi connectivity index (χ4n) is 3.49. The third-order valence-electron chi connectivity index (χ3n) is 4.91. The van der Waals surface area contributed by atoms with Crippen molar-refractivity contribution in [2.24, 2.45) is 0 Å². The third-order valence-corrected chi connectivity index (χ3v) is 5.67. The van der Waals surface area contributed by atoms with Crippen molar-refractivity contribution in [2.75, 3.05) is 28.6 Å². The summed E-state index contributed by atoms with van der Waals surface area (Å²) in [4.78, 5) is 35.3. The van der Waals surface area contributed by atoms with Crippen molar-refractivity contribution in [3.05, 3.63) is 53.5 Å². The molecule has 0 aliphatic carbocycles. The molecule has 30 heavy (non-hydrogen) atoms. The summed E-state index contributed by atoms with van der Waals surface area (Å²) in [7, 11) is 0. The topological polar surface area (TPSA) is 87.2 Å². The van der Waals surface area contributed by atoms with Crippen LogP contribution in [0.1, 0.15) is 36.5 Å². The third kappa shape index (κ3) is 4.65. The predicted molar refractivity (Wildman–Crippen MR) is 120 cm³/mol. The van der Waals surface area contributed by atoms with E-state index < -0.39 is 0 Å². The van der Waals surface area contributed by atoms with Gasteiger partial charge in [-0.25, -0.2) is 9.97 Å². The lowest BCUT2D eigenvalue weighted by Gasteiger charge is -2.28. The van der Waals surface area contributed by atoms with Gasteiger partial charge in [-0.05, 0) is 43.5 Å². The lowest BCUT2D eigenvalue weighted by molar-refractivity contribution is -0.114. The first-order chi connectivity index (χ1) is 14.6. The van der Waals surface area contributed by atoms with Crippen LogP contribution in [0, 0.1) is 0 Å². The van der Waals surface area contributed by atoms with Crippen molar-refractivity contribution in [3.63, 3.8) is 0 Å². The van der Waals surface area contributed by atoms with Crippen molar-refractivity contribution in [1.29, 1.82) is 0 Å². The van der Waals surface area contributed by atoms with Crippen molar-refractivity contribution in [1.82, 2.24) is 9.97 Å². The number of thiazole rings is 1. The van der Waals surface area contributed by atoms with Crippen LogP contribution in [-0.2, 0) is 4.79 Å². The molecular weight excluding hydrogens is 398 g/mol. The zero-order chi connectivity index (χ0) is 20.9. The molecular formula is C22H23N5O2S. The predicted octanol–water partition coefficient (Wildman–Crippen LogP) is 4.41. The van der Waals surface area contributed by atoms with E-state index in [1.165, 1.54) is 24.7 Å². The van der Waals surface area contributed by atoms with E-state index in [0.29, 0.717) is 10.7 Å². The number of anilines is 3. The summed E-state index contributed by atoms with van der Waals surface area (Å²) >= 11 is 1.38. The summed E-state index contributed by atoms with van der Waals surface area (Å²) in [6.45, 7) is 3.32. The smallest absolute Gasteiger partial charge is 0.261 e. The van der Waals surface area contributed by atoms with E-state index in [4.69, 9.17) is 0 Å². The molecule has 1 aromatic carbocycles. The zero-order valence-electron chi connectivity index (χ0n) is 16.7. The Morgan fingerprint density at radius 1 is 1.03 bits per heavy atom. The zero-order valence-corrected chi connectivity index (χ0v) is 17.5. The number of nitrogens with one attached hydrogen (secondary N) is 2. The SMILES string of the molecule is CC(=O)Nc1ccc(-c2csc(NC(=O)c3cccnc3N3CCCCC3)n2)cc1. The Morgan fingerprint density at radius 3 is 2.53 bits per heavy atom. The maximum Gasteiger partial charge on any atom is 0.261 e. The average Bonchev–Trinajstić information content (AvgIpc) is 3.23. The van der Waals surface area contributed by atoms with E-state index in [1.807, 2.05) is 35.7 Å². The molecule has 0 unspecified atom stereocenters. The monoisotopic (exact) mass is 421 g/mol. The number of nitrogens with zero attached hydrogens (tertiary/aromatic N) is 3. The first kappa shape index (κ1) is 20.0. The summed E-state index contributed by atoms with van der Waals surface area (Å²) in [6, 6.07) is 11.0. The van der Waals surface area contributed by atoms with Gasteiger partial charge in [-0.3, -0.25) is 14.9 Å². The quantitative estimate of drug-likeness (QED) is 0.637. The molecule has 1 saturated heterocycles. The number of rotatable bonds is 5. The fraction of sp³-hybridized carbons (Fsp3) is 0.273. The van der Waals surface area contributed by atoms with Crippen molar-refractivity contribution >= 4 is 39.8 Å². The van der Waals surface area contributed by atoms with Gasteiger partial charge in [0.05, 0.1) is 11.3 Å².